The first-order chi connectivity index (χ1) is 8.70. The van der Waals surface area contributed by atoms with E-state index in [1.807, 2.05) is 12.1 Å². The lowest BCUT2D eigenvalue weighted by molar-refractivity contribution is -0.107. The lowest BCUT2D eigenvalue weighted by Gasteiger charge is -2.04. The lowest BCUT2D eigenvalue weighted by Crippen LogP contribution is -1.97. The Morgan fingerprint density at radius 2 is 2.22 bits per heavy atom. The van der Waals surface area contributed by atoms with Crippen LogP contribution < -0.4 is 4.74 Å². The first-order valence-electron chi connectivity index (χ1n) is 5.47. The van der Waals surface area contributed by atoms with Crippen molar-refractivity contribution in [1.29, 1.82) is 0 Å². The Hall–Kier alpha value is -1.81. The number of halogens is 1. The summed E-state index contributed by atoms with van der Waals surface area (Å²) in [7, 11) is 0. The Kier molecular flexibility index (Phi) is 3.99. The molecule has 4 nitrogen and oxygen atoms in total. The fourth-order valence-corrected chi connectivity index (χ4v) is 1.71. The maximum atomic E-state index is 10.4. The number of ether oxygens (including phenoxy) is 1. The molecule has 0 aliphatic carbocycles. The number of hydrogen-bond donors (Lipinski definition) is 0. The van der Waals surface area contributed by atoms with Gasteiger partial charge in [0.25, 0.3) is 0 Å². The van der Waals surface area contributed by atoms with Gasteiger partial charge in [-0.05, 0) is 19.1 Å². The van der Waals surface area contributed by atoms with E-state index in [4.69, 9.17) is 20.8 Å². The molecule has 2 rings (SSSR count). The molecule has 1 aromatic heterocycles. The zero-order valence-corrected chi connectivity index (χ0v) is 10.6. The largest absolute Gasteiger partial charge is 0.482 e. The average molecular weight is 266 g/mol. The molecule has 0 aliphatic rings. The van der Waals surface area contributed by atoms with Crippen molar-refractivity contribution >= 4 is 17.9 Å². The second-order valence-corrected chi connectivity index (χ2v) is 4.11. The first-order valence-corrected chi connectivity index (χ1v) is 5.84. The van der Waals surface area contributed by atoms with Gasteiger partial charge < -0.3 is 13.9 Å². The predicted octanol–water partition coefficient (Wildman–Crippen LogP) is 2.96. The summed E-state index contributed by atoms with van der Waals surface area (Å²) in [6.07, 6.45) is 1.05. The number of aromatic nitrogens is 1. The van der Waals surface area contributed by atoms with Crippen LogP contribution in [0.2, 0.25) is 5.02 Å². The number of carbonyl (C=O) groups is 1. The summed E-state index contributed by atoms with van der Waals surface area (Å²) >= 11 is 5.95. The molecular formula is C13H12ClNO3. The summed E-state index contributed by atoms with van der Waals surface area (Å²) in [5.74, 6) is 1.65. The quantitative estimate of drug-likeness (QED) is 0.780. The highest BCUT2D eigenvalue weighted by molar-refractivity contribution is 6.32. The van der Waals surface area contributed by atoms with Crippen LogP contribution >= 0.6 is 11.6 Å². The minimum atomic E-state index is 0.184. The summed E-state index contributed by atoms with van der Waals surface area (Å²) in [5.41, 5.74) is 0.641. The van der Waals surface area contributed by atoms with Crippen molar-refractivity contribution in [3.8, 4) is 5.75 Å². The van der Waals surface area contributed by atoms with Gasteiger partial charge in [0.2, 0.25) is 5.89 Å². The van der Waals surface area contributed by atoms with Crippen molar-refractivity contribution in [1.82, 2.24) is 4.98 Å². The van der Waals surface area contributed by atoms with Crippen LogP contribution in [-0.4, -0.2) is 11.3 Å². The van der Waals surface area contributed by atoms with Gasteiger partial charge in [-0.25, -0.2) is 4.98 Å². The normalized spacial score (nSPS) is 10.3. The number of aldehydes is 1. The minimum Gasteiger partial charge on any atom is -0.482 e. The van der Waals surface area contributed by atoms with Crippen molar-refractivity contribution in [2.24, 2.45) is 0 Å². The number of aryl methyl sites for hydroxylation is 1. The van der Waals surface area contributed by atoms with Crippen molar-refractivity contribution in [2.45, 2.75) is 20.0 Å². The number of nitrogens with zero attached hydrogens (tertiary/aromatic N) is 1. The van der Waals surface area contributed by atoms with Crippen LogP contribution in [0.4, 0.5) is 0 Å². The summed E-state index contributed by atoms with van der Waals surface area (Å²) in [5, 5.41) is 0.536. The lowest BCUT2D eigenvalue weighted by atomic mass is 10.3. The molecule has 94 valence electrons. The third-order valence-corrected chi connectivity index (χ3v) is 2.71. The highest BCUT2D eigenvalue weighted by Gasteiger charge is 2.10. The molecule has 0 atom stereocenters. The fourth-order valence-electron chi connectivity index (χ4n) is 1.52. The van der Waals surface area contributed by atoms with E-state index in [1.54, 1.807) is 19.1 Å². The van der Waals surface area contributed by atoms with Crippen LogP contribution in [0.3, 0.4) is 0 Å². The molecule has 1 heterocycles. The van der Waals surface area contributed by atoms with Crippen molar-refractivity contribution in [3.05, 3.63) is 46.6 Å². The number of carbonyl (C=O) groups excluding carboxylic acids is 1. The zero-order chi connectivity index (χ0) is 13.0. The van der Waals surface area contributed by atoms with E-state index < -0.39 is 0 Å². The van der Waals surface area contributed by atoms with E-state index in [1.165, 1.54) is 0 Å². The number of benzene rings is 1. The number of oxazole rings is 1. The van der Waals surface area contributed by atoms with Crippen LogP contribution in [-0.2, 0) is 17.8 Å². The van der Waals surface area contributed by atoms with Gasteiger partial charge in [0.15, 0.2) is 6.61 Å². The van der Waals surface area contributed by atoms with Crippen LogP contribution in [0, 0.1) is 6.92 Å². The van der Waals surface area contributed by atoms with Crippen LogP contribution in [0.15, 0.2) is 28.7 Å². The van der Waals surface area contributed by atoms with E-state index in [9.17, 15) is 4.79 Å². The van der Waals surface area contributed by atoms with Crippen LogP contribution in [0.25, 0.3) is 0 Å². The molecule has 0 amide bonds. The molecule has 0 unspecified atom stereocenters. The number of rotatable bonds is 5. The zero-order valence-electron chi connectivity index (χ0n) is 9.85. The molecule has 0 bridgehead atoms. The van der Waals surface area contributed by atoms with E-state index in [-0.39, 0.29) is 13.0 Å². The Labute approximate surface area is 110 Å². The summed E-state index contributed by atoms with van der Waals surface area (Å²) in [4.78, 5) is 14.6. The maximum absolute atomic E-state index is 10.4. The van der Waals surface area contributed by atoms with E-state index in [2.05, 4.69) is 4.98 Å². The second kappa shape index (κ2) is 5.69. The van der Waals surface area contributed by atoms with Gasteiger partial charge in [-0.1, -0.05) is 23.7 Å². The molecule has 0 aliphatic heterocycles. The molecule has 1 aromatic carbocycles. The summed E-state index contributed by atoms with van der Waals surface area (Å²) in [6.45, 7) is 1.95. The van der Waals surface area contributed by atoms with Gasteiger partial charge in [0.1, 0.15) is 17.8 Å². The summed E-state index contributed by atoms with van der Waals surface area (Å²) in [6, 6.07) is 7.17. The SMILES string of the molecule is Cc1oc(COc2ccccc2Cl)nc1CC=O. The molecule has 2 aromatic rings. The van der Waals surface area contributed by atoms with E-state index >= 15 is 0 Å². The smallest absolute Gasteiger partial charge is 0.232 e. The van der Waals surface area contributed by atoms with E-state index in [0.717, 1.165) is 6.29 Å². The van der Waals surface area contributed by atoms with E-state index in [0.29, 0.717) is 28.1 Å². The highest BCUT2D eigenvalue weighted by Crippen LogP contribution is 2.24. The fraction of sp³-hybridized carbons (Fsp3) is 0.231. The van der Waals surface area contributed by atoms with Gasteiger partial charge in [-0.3, -0.25) is 0 Å². The third kappa shape index (κ3) is 2.90. The van der Waals surface area contributed by atoms with Gasteiger partial charge in [0, 0.05) is 6.42 Å². The maximum Gasteiger partial charge on any atom is 0.232 e. The standard InChI is InChI=1S/C13H12ClNO3/c1-9-11(6-7-16)15-13(18-9)8-17-12-5-3-2-4-10(12)14/h2-5,7H,6,8H2,1H3. The highest BCUT2D eigenvalue weighted by atomic mass is 35.5. The second-order valence-electron chi connectivity index (χ2n) is 3.70. The molecule has 18 heavy (non-hydrogen) atoms. The minimum absolute atomic E-state index is 0.184. The molecule has 0 spiro atoms. The monoisotopic (exact) mass is 265 g/mol. The van der Waals surface area contributed by atoms with Crippen LogP contribution in [0.5, 0.6) is 5.75 Å². The Bertz CT molecular complexity index is 551. The van der Waals surface area contributed by atoms with Gasteiger partial charge >= 0.3 is 0 Å². The molecule has 0 fully saturated rings. The average Bonchev–Trinajstić information content (AvgIpc) is 2.70. The van der Waals surface area contributed by atoms with Crippen molar-refractivity contribution < 1.29 is 13.9 Å². The number of para-hydroxylation sites is 1. The Morgan fingerprint density at radius 1 is 1.44 bits per heavy atom. The molecular weight excluding hydrogens is 254 g/mol. The molecule has 0 saturated heterocycles. The van der Waals surface area contributed by atoms with Crippen LogP contribution in [0.1, 0.15) is 17.3 Å². The number of hydrogen-bond acceptors (Lipinski definition) is 4. The van der Waals surface area contributed by atoms with Crippen molar-refractivity contribution in [3.63, 3.8) is 0 Å². The van der Waals surface area contributed by atoms with Gasteiger partial charge in [0.05, 0.1) is 10.7 Å². The molecule has 0 N–H and O–H groups in total. The van der Waals surface area contributed by atoms with Gasteiger partial charge in [-0.2, -0.15) is 0 Å². The first kappa shape index (κ1) is 12.6. The molecule has 0 radical (unpaired) electrons. The van der Waals surface area contributed by atoms with Gasteiger partial charge in [-0.15, -0.1) is 0 Å². The topological polar surface area (TPSA) is 52.3 Å². The Balaban J connectivity index is 2.04. The summed E-state index contributed by atoms with van der Waals surface area (Å²) < 4.78 is 10.9. The molecule has 5 heteroatoms. The third-order valence-electron chi connectivity index (χ3n) is 2.40. The Morgan fingerprint density at radius 3 is 2.94 bits per heavy atom. The predicted molar refractivity (Wildman–Crippen MR) is 66.8 cm³/mol. The van der Waals surface area contributed by atoms with Crippen molar-refractivity contribution in [2.75, 3.05) is 0 Å². The molecule has 0 saturated carbocycles.